The minimum atomic E-state index is -4.16. The van der Waals surface area contributed by atoms with E-state index in [4.69, 9.17) is 0 Å². The number of sulfonamides is 1. The molecular weight excluding hydrogens is 289 g/mol. The van der Waals surface area contributed by atoms with E-state index in [-0.39, 0.29) is 0 Å². The van der Waals surface area contributed by atoms with Crippen molar-refractivity contribution in [1.29, 1.82) is 0 Å². The second-order valence-electron chi connectivity index (χ2n) is 4.96. The molecule has 110 valence electrons. The zero-order valence-corrected chi connectivity index (χ0v) is 11.5. The Morgan fingerprint density at radius 2 is 2.20 bits per heavy atom. The van der Waals surface area contributed by atoms with E-state index in [9.17, 15) is 22.9 Å². The van der Waals surface area contributed by atoms with E-state index in [1.807, 2.05) is 0 Å². The lowest BCUT2D eigenvalue weighted by molar-refractivity contribution is -0.385. The van der Waals surface area contributed by atoms with Gasteiger partial charge < -0.3 is 5.32 Å². The number of nitrogens with one attached hydrogen (secondary N) is 2. The van der Waals surface area contributed by atoms with E-state index in [1.165, 1.54) is 0 Å². The number of nitro groups is 1. The molecule has 0 amide bonds. The first-order valence-corrected chi connectivity index (χ1v) is 7.40. The molecule has 1 aromatic carbocycles. The summed E-state index contributed by atoms with van der Waals surface area (Å²) in [6, 6.07) is 2.43. The maximum Gasteiger partial charge on any atom is 0.270 e. The molecule has 1 aliphatic heterocycles. The van der Waals surface area contributed by atoms with E-state index in [1.54, 1.807) is 6.92 Å². The van der Waals surface area contributed by atoms with Crippen LogP contribution < -0.4 is 10.0 Å². The molecule has 0 bridgehead atoms. The van der Waals surface area contributed by atoms with Gasteiger partial charge in [0.05, 0.1) is 4.92 Å². The Morgan fingerprint density at radius 3 is 2.75 bits per heavy atom. The Kier molecular flexibility index (Phi) is 3.76. The standard InChI is InChI=1S/C11H14FN3O4S/c1-11(4-5-13-7-11)14-20(18,19)10-6-8(15(16)17)2-3-9(10)12/h2-3,6,13-14H,4-5,7H2,1H3. The molecule has 1 aliphatic rings. The summed E-state index contributed by atoms with van der Waals surface area (Å²) in [4.78, 5) is 9.18. The first-order valence-electron chi connectivity index (χ1n) is 5.92. The summed E-state index contributed by atoms with van der Waals surface area (Å²) in [5, 5.41) is 13.7. The van der Waals surface area contributed by atoms with Gasteiger partial charge in [0.25, 0.3) is 5.69 Å². The number of halogens is 1. The van der Waals surface area contributed by atoms with Crippen LogP contribution in [0.2, 0.25) is 0 Å². The number of nitro benzene ring substituents is 1. The molecule has 9 heteroatoms. The van der Waals surface area contributed by atoms with Crippen LogP contribution in [0.5, 0.6) is 0 Å². The topological polar surface area (TPSA) is 101 Å². The van der Waals surface area contributed by atoms with E-state index >= 15 is 0 Å². The second kappa shape index (κ2) is 5.08. The van der Waals surface area contributed by atoms with E-state index in [0.717, 1.165) is 18.2 Å². The lowest BCUT2D eigenvalue weighted by Gasteiger charge is -2.24. The molecule has 0 spiro atoms. The molecule has 0 saturated carbocycles. The van der Waals surface area contributed by atoms with Gasteiger partial charge in [0.1, 0.15) is 10.7 Å². The van der Waals surface area contributed by atoms with Crippen molar-refractivity contribution in [3.05, 3.63) is 34.1 Å². The Balaban J connectivity index is 2.38. The SMILES string of the molecule is CC1(NS(=O)(=O)c2cc([N+](=O)[O-])ccc2F)CCNC1. The predicted octanol–water partition coefficient (Wildman–Crippen LogP) is 0.764. The van der Waals surface area contributed by atoms with Crippen molar-refractivity contribution >= 4 is 15.7 Å². The number of rotatable bonds is 4. The monoisotopic (exact) mass is 303 g/mol. The summed E-state index contributed by atoms with van der Waals surface area (Å²) in [6.07, 6.45) is 0.558. The highest BCUT2D eigenvalue weighted by Gasteiger charge is 2.35. The van der Waals surface area contributed by atoms with Gasteiger partial charge in [0.15, 0.2) is 0 Å². The molecule has 1 unspecified atom stereocenters. The van der Waals surface area contributed by atoms with Crippen molar-refractivity contribution in [2.45, 2.75) is 23.8 Å². The largest absolute Gasteiger partial charge is 0.315 e. The third-order valence-corrected chi connectivity index (χ3v) is 4.82. The van der Waals surface area contributed by atoms with Gasteiger partial charge in [-0.1, -0.05) is 0 Å². The predicted molar refractivity (Wildman–Crippen MR) is 69.3 cm³/mol. The van der Waals surface area contributed by atoms with Crippen molar-refractivity contribution < 1.29 is 17.7 Å². The molecule has 7 nitrogen and oxygen atoms in total. The van der Waals surface area contributed by atoms with Crippen LogP contribution >= 0.6 is 0 Å². The molecule has 0 radical (unpaired) electrons. The number of benzene rings is 1. The molecular formula is C11H14FN3O4S. The Bertz CT molecular complexity index is 641. The Hall–Kier alpha value is -1.58. The summed E-state index contributed by atoms with van der Waals surface area (Å²) in [5.41, 5.74) is -1.20. The van der Waals surface area contributed by atoms with Crippen LogP contribution in [0.25, 0.3) is 0 Å². The normalized spacial score (nSPS) is 22.9. The van der Waals surface area contributed by atoms with Crippen LogP contribution in [0.15, 0.2) is 23.1 Å². The molecule has 1 aromatic rings. The summed E-state index contributed by atoms with van der Waals surface area (Å²) in [7, 11) is -4.16. The van der Waals surface area contributed by atoms with E-state index in [2.05, 4.69) is 10.0 Å². The first kappa shape index (κ1) is 14.8. The van der Waals surface area contributed by atoms with Gasteiger partial charge in [-0.2, -0.15) is 0 Å². The van der Waals surface area contributed by atoms with Crippen LogP contribution in [-0.4, -0.2) is 32.0 Å². The van der Waals surface area contributed by atoms with Crippen LogP contribution in [0, 0.1) is 15.9 Å². The average molecular weight is 303 g/mol. The highest BCUT2D eigenvalue weighted by atomic mass is 32.2. The maximum atomic E-state index is 13.7. The summed E-state index contributed by atoms with van der Waals surface area (Å²) in [6.45, 7) is 2.76. The van der Waals surface area contributed by atoms with Crippen molar-refractivity contribution in [3.63, 3.8) is 0 Å². The number of nitrogens with zero attached hydrogens (tertiary/aromatic N) is 1. The highest BCUT2D eigenvalue weighted by molar-refractivity contribution is 7.89. The second-order valence-corrected chi connectivity index (χ2v) is 6.62. The number of hydrogen-bond donors (Lipinski definition) is 2. The van der Waals surface area contributed by atoms with Crippen molar-refractivity contribution in [2.75, 3.05) is 13.1 Å². The molecule has 1 fully saturated rings. The molecule has 1 saturated heterocycles. The average Bonchev–Trinajstić information content (AvgIpc) is 2.74. The zero-order valence-electron chi connectivity index (χ0n) is 10.7. The number of hydrogen-bond acceptors (Lipinski definition) is 5. The van der Waals surface area contributed by atoms with Crippen LogP contribution in [0.1, 0.15) is 13.3 Å². The maximum absolute atomic E-state index is 13.7. The van der Waals surface area contributed by atoms with Crippen molar-refractivity contribution in [2.24, 2.45) is 0 Å². The van der Waals surface area contributed by atoms with Crippen molar-refractivity contribution in [1.82, 2.24) is 10.0 Å². The first-order chi connectivity index (χ1) is 9.23. The van der Waals surface area contributed by atoms with Crippen molar-refractivity contribution in [3.8, 4) is 0 Å². The van der Waals surface area contributed by atoms with E-state index < -0.39 is 36.9 Å². The lowest BCUT2D eigenvalue weighted by Crippen LogP contribution is -2.47. The van der Waals surface area contributed by atoms with Gasteiger partial charge in [-0.15, -0.1) is 0 Å². The molecule has 2 rings (SSSR count). The van der Waals surface area contributed by atoms with Gasteiger partial charge in [-0.3, -0.25) is 10.1 Å². The van der Waals surface area contributed by atoms with Gasteiger partial charge in [-0.25, -0.2) is 17.5 Å². The third-order valence-electron chi connectivity index (χ3n) is 3.16. The van der Waals surface area contributed by atoms with Gasteiger partial charge in [0.2, 0.25) is 10.0 Å². The molecule has 0 aromatic heterocycles. The quantitative estimate of drug-likeness (QED) is 0.632. The summed E-state index contributed by atoms with van der Waals surface area (Å²) >= 11 is 0. The minimum absolute atomic E-state index is 0.419. The highest BCUT2D eigenvalue weighted by Crippen LogP contribution is 2.24. The molecule has 0 aliphatic carbocycles. The fourth-order valence-electron chi connectivity index (χ4n) is 2.09. The summed E-state index contributed by atoms with van der Waals surface area (Å²) in [5.74, 6) is -1.02. The zero-order chi connectivity index (χ0) is 15.0. The number of non-ortho nitro benzene ring substituents is 1. The van der Waals surface area contributed by atoms with Gasteiger partial charge in [-0.05, 0) is 26.0 Å². The Labute approximate surface area is 115 Å². The lowest BCUT2D eigenvalue weighted by atomic mass is 10.0. The third kappa shape index (κ3) is 2.94. The van der Waals surface area contributed by atoms with Crippen LogP contribution in [-0.2, 0) is 10.0 Å². The molecule has 1 atom stereocenters. The molecule has 1 heterocycles. The smallest absolute Gasteiger partial charge is 0.270 e. The Morgan fingerprint density at radius 1 is 1.50 bits per heavy atom. The summed E-state index contributed by atoms with van der Waals surface area (Å²) < 4.78 is 40.4. The fraction of sp³-hybridized carbons (Fsp3) is 0.455. The minimum Gasteiger partial charge on any atom is -0.315 e. The fourth-order valence-corrected chi connectivity index (χ4v) is 3.63. The van der Waals surface area contributed by atoms with Crippen LogP contribution in [0.4, 0.5) is 10.1 Å². The van der Waals surface area contributed by atoms with E-state index in [0.29, 0.717) is 19.5 Å². The van der Waals surface area contributed by atoms with Gasteiger partial charge >= 0.3 is 0 Å². The molecule has 20 heavy (non-hydrogen) atoms. The van der Waals surface area contributed by atoms with Gasteiger partial charge in [0, 0.05) is 24.2 Å². The molecule has 2 N–H and O–H groups in total. The van der Waals surface area contributed by atoms with Crippen LogP contribution in [0.3, 0.4) is 0 Å².